The van der Waals surface area contributed by atoms with Crippen LogP contribution in [0.25, 0.3) is 10.9 Å². The van der Waals surface area contributed by atoms with E-state index >= 15 is 0 Å². The summed E-state index contributed by atoms with van der Waals surface area (Å²) in [7, 11) is 1.63. The molecule has 4 rings (SSSR count). The second-order valence-corrected chi connectivity index (χ2v) is 7.37. The number of nitrogens with one attached hydrogen (secondary N) is 3. The van der Waals surface area contributed by atoms with Gasteiger partial charge in [0.15, 0.2) is 0 Å². The Morgan fingerprint density at radius 2 is 2.16 bits per heavy atom. The van der Waals surface area contributed by atoms with Crippen LogP contribution in [0, 0.1) is 0 Å². The number of carbonyl (C=O) groups is 3. The number of benzene rings is 1. The molecule has 1 aromatic carbocycles. The first-order valence-corrected chi connectivity index (χ1v) is 10.1. The lowest BCUT2D eigenvalue weighted by atomic mass is 10.1. The van der Waals surface area contributed by atoms with E-state index in [-0.39, 0.29) is 31.2 Å². The highest BCUT2D eigenvalue weighted by atomic mass is 16.5. The molecular formula is C22H24N4O5. The largest absolute Gasteiger partial charge is 0.497 e. The number of rotatable bonds is 9. The molecule has 0 spiro atoms. The van der Waals surface area contributed by atoms with Crippen LogP contribution in [-0.4, -0.2) is 47.4 Å². The lowest BCUT2D eigenvalue weighted by Gasteiger charge is -2.11. The Labute approximate surface area is 178 Å². The lowest BCUT2D eigenvalue weighted by Crippen LogP contribution is -2.33. The summed E-state index contributed by atoms with van der Waals surface area (Å²) in [5, 5.41) is 6.57. The van der Waals surface area contributed by atoms with Gasteiger partial charge in [-0.1, -0.05) is 0 Å². The van der Waals surface area contributed by atoms with E-state index in [0.29, 0.717) is 18.7 Å². The van der Waals surface area contributed by atoms with Gasteiger partial charge >= 0.3 is 6.03 Å². The monoisotopic (exact) mass is 424 g/mol. The maximum Gasteiger partial charge on any atom is 0.325 e. The van der Waals surface area contributed by atoms with Crippen molar-refractivity contribution in [3.05, 3.63) is 54.1 Å². The topological polar surface area (TPSA) is 117 Å². The molecule has 1 unspecified atom stereocenters. The SMILES string of the molecule is COc1ccc2[nH]cc(CCNC(=O)CCC3NC(=O)N(Cc4ccco4)C3=O)c2c1. The van der Waals surface area contributed by atoms with Gasteiger partial charge in [-0.25, -0.2) is 4.79 Å². The average molecular weight is 424 g/mol. The Hall–Kier alpha value is -3.75. The molecule has 0 radical (unpaired) electrons. The zero-order valence-electron chi connectivity index (χ0n) is 17.1. The molecule has 162 valence electrons. The summed E-state index contributed by atoms with van der Waals surface area (Å²) in [6, 6.07) is 8.04. The van der Waals surface area contributed by atoms with E-state index in [1.54, 1.807) is 19.2 Å². The van der Waals surface area contributed by atoms with Gasteiger partial charge in [0.2, 0.25) is 5.91 Å². The molecule has 31 heavy (non-hydrogen) atoms. The summed E-state index contributed by atoms with van der Waals surface area (Å²) in [5.41, 5.74) is 2.10. The standard InChI is InChI=1S/C22H24N4O5/c1-30-15-4-5-18-17(11-15)14(12-24-18)8-9-23-20(27)7-6-19-21(28)26(22(29)25-19)13-16-3-2-10-31-16/h2-5,10-12,19,24H,6-9,13H2,1H3,(H,23,27)(H,25,29). The molecule has 1 aliphatic rings. The molecule has 1 saturated heterocycles. The number of urea groups is 1. The molecule has 3 heterocycles. The summed E-state index contributed by atoms with van der Waals surface area (Å²) in [5.74, 6) is 0.796. The molecule has 1 fully saturated rings. The van der Waals surface area contributed by atoms with Gasteiger partial charge in [-0.2, -0.15) is 0 Å². The Morgan fingerprint density at radius 1 is 1.29 bits per heavy atom. The Morgan fingerprint density at radius 3 is 2.94 bits per heavy atom. The van der Waals surface area contributed by atoms with E-state index in [0.717, 1.165) is 27.1 Å². The number of ether oxygens (including phenoxy) is 1. The molecule has 3 aromatic rings. The number of hydrogen-bond donors (Lipinski definition) is 3. The van der Waals surface area contributed by atoms with Gasteiger partial charge < -0.3 is 24.8 Å². The van der Waals surface area contributed by atoms with E-state index in [2.05, 4.69) is 15.6 Å². The van der Waals surface area contributed by atoms with Crippen molar-refractivity contribution in [1.29, 1.82) is 0 Å². The van der Waals surface area contributed by atoms with Crippen LogP contribution in [0.5, 0.6) is 5.75 Å². The van der Waals surface area contributed by atoms with Gasteiger partial charge in [0.05, 0.1) is 19.9 Å². The first kappa shape index (κ1) is 20.5. The highest BCUT2D eigenvalue weighted by molar-refractivity contribution is 6.04. The molecule has 9 nitrogen and oxygen atoms in total. The summed E-state index contributed by atoms with van der Waals surface area (Å²) < 4.78 is 10.5. The van der Waals surface area contributed by atoms with Crippen LogP contribution in [0.15, 0.2) is 47.2 Å². The van der Waals surface area contributed by atoms with Gasteiger partial charge in [0.1, 0.15) is 17.6 Å². The first-order valence-electron chi connectivity index (χ1n) is 10.1. The van der Waals surface area contributed by atoms with Crippen molar-refractivity contribution < 1.29 is 23.5 Å². The molecule has 0 bridgehead atoms. The number of aromatic nitrogens is 1. The van der Waals surface area contributed by atoms with Crippen LogP contribution >= 0.6 is 0 Å². The lowest BCUT2D eigenvalue weighted by molar-refractivity contribution is -0.128. The van der Waals surface area contributed by atoms with Crippen molar-refractivity contribution >= 4 is 28.7 Å². The fourth-order valence-electron chi connectivity index (χ4n) is 3.67. The predicted molar refractivity (Wildman–Crippen MR) is 112 cm³/mol. The smallest absolute Gasteiger partial charge is 0.325 e. The van der Waals surface area contributed by atoms with Crippen LogP contribution in [0.3, 0.4) is 0 Å². The van der Waals surface area contributed by atoms with E-state index < -0.39 is 12.1 Å². The molecule has 2 aromatic heterocycles. The number of furan rings is 1. The minimum Gasteiger partial charge on any atom is -0.497 e. The maximum absolute atomic E-state index is 12.5. The molecule has 1 aliphatic heterocycles. The summed E-state index contributed by atoms with van der Waals surface area (Å²) >= 11 is 0. The highest BCUT2D eigenvalue weighted by Crippen LogP contribution is 2.23. The second-order valence-electron chi connectivity index (χ2n) is 7.37. The minimum atomic E-state index is -0.700. The number of amides is 4. The van der Waals surface area contributed by atoms with E-state index in [1.807, 2.05) is 24.4 Å². The molecule has 4 amide bonds. The third kappa shape index (κ3) is 4.55. The number of imide groups is 1. The van der Waals surface area contributed by atoms with Crippen molar-refractivity contribution in [2.75, 3.05) is 13.7 Å². The zero-order valence-corrected chi connectivity index (χ0v) is 17.1. The van der Waals surface area contributed by atoms with Crippen molar-refractivity contribution in [1.82, 2.24) is 20.5 Å². The fourth-order valence-corrected chi connectivity index (χ4v) is 3.67. The fraction of sp³-hybridized carbons (Fsp3) is 0.318. The van der Waals surface area contributed by atoms with Gasteiger partial charge in [-0.15, -0.1) is 0 Å². The Bertz CT molecular complexity index is 1090. The van der Waals surface area contributed by atoms with Crippen molar-refractivity contribution in [2.24, 2.45) is 0 Å². The first-order chi connectivity index (χ1) is 15.0. The van der Waals surface area contributed by atoms with E-state index in [4.69, 9.17) is 9.15 Å². The van der Waals surface area contributed by atoms with Gasteiger partial charge in [-0.3, -0.25) is 14.5 Å². The number of aromatic amines is 1. The van der Waals surface area contributed by atoms with Crippen molar-refractivity contribution in [2.45, 2.75) is 31.8 Å². The normalized spacial score (nSPS) is 16.0. The number of nitrogens with zero attached hydrogens (tertiary/aromatic N) is 1. The molecule has 3 N–H and O–H groups in total. The van der Waals surface area contributed by atoms with Gasteiger partial charge in [-0.05, 0) is 48.7 Å². The number of carbonyl (C=O) groups excluding carboxylic acids is 3. The number of hydrogen-bond acceptors (Lipinski definition) is 5. The molecular weight excluding hydrogens is 400 g/mol. The second kappa shape index (κ2) is 8.95. The molecule has 0 aliphatic carbocycles. The van der Waals surface area contributed by atoms with Crippen LogP contribution in [0.1, 0.15) is 24.2 Å². The minimum absolute atomic E-state index is 0.0791. The maximum atomic E-state index is 12.5. The zero-order chi connectivity index (χ0) is 21.8. The highest BCUT2D eigenvalue weighted by Gasteiger charge is 2.38. The number of fused-ring (bicyclic) bond motifs is 1. The Balaban J connectivity index is 1.23. The molecule has 9 heteroatoms. The molecule has 0 saturated carbocycles. The summed E-state index contributed by atoms with van der Waals surface area (Å²) in [6.07, 6.45) is 4.47. The number of methoxy groups -OCH3 is 1. The van der Waals surface area contributed by atoms with Crippen LogP contribution in [0.2, 0.25) is 0 Å². The van der Waals surface area contributed by atoms with E-state index in [1.165, 1.54) is 6.26 Å². The van der Waals surface area contributed by atoms with E-state index in [9.17, 15) is 14.4 Å². The summed E-state index contributed by atoms with van der Waals surface area (Å²) in [6.45, 7) is 0.550. The Kier molecular flexibility index (Phi) is 5.92. The van der Waals surface area contributed by atoms with Crippen LogP contribution in [0.4, 0.5) is 4.79 Å². The van der Waals surface area contributed by atoms with Crippen molar-refractivity contribution in [3.8, 4) is 5.75 Å². The quantitative estimate of drug-likeness (QED) is 0.456. The third-order valence-electron chi connectivity index (χ3n) is 5.35. The molecule has 1 atom stereocenters. The number of H-pyrrole nitrogens is 1. The van der Waals surface area contributed by atoms with Crippen LogP contribution in [-0.2, 0) is 22.6 Å². The predicted octanol–water partition coefficient (Wildman–Crippen LogP) is 2.33. The van der Waals surface area contributed by atoms with Gasteiger partial charge in [0, 0.05) is 30.1 Å². The van der Waals surface area contributed by atoms with Gasteiger partial charge in [0.25, 0.3) is 5.91 Å². The third-order valence-corrected chi connectivity index (χ3v) is 5.35. The van der Waals surface area contributed by atoms with Crippen molar-refractivity contribution in [3.63, 3.8) is 0 Å². The summed E-state index contributed by atoms with van der Waals surface area (Å²) in [4.78, 5) is 41.1. The average Bonchev–Trinajstić information content (AvgIpc) is 3.49. The van der Waals surface area contributed by atoms with Crippen LogP contribution < -0.4 is 15.4 Å².